The molecule has 0 spiro atoms. The molecule has 0 radical (unpaired) electrons. The normalized spacial score (nSPS) is 12.4. The van der Waals surface area contributed by atoms with Gasteiger partial charge in [-0.2, -0.15) is 0 Å². The summed E-state index contributed by atoms with van der Waals surface area (Å²) in [4.78, 5) is 8.35. The van der Waals surface area contributed by atoms with E-state index in [-0.39, 0.29) is 0 Å². The molecule has 1 atom stereocenters. The summed E-state index contributed by atoms with van der Waals surface area (Å²) in [6, 6.07) is 10.5. The van der Waals surface area contributed by atoms with Gasteiger partial charge in [-0.05, 0) is 30.9 Å². The number of nitrogens with two attached hydrogens (primary N) is 1. The molecule has 2 aromatic rings. The highest BCUT2D eigenvalue weighted by Gasteiger charge is 2.05. The predicted molar refractivity (Wildman–Crippen MR) is 75.3 cm³/mol. The Morgan fingerprint density at radius 3 is 2.39 bits per heavy atom. The minimum atomic E-state index is 0.330. The van der Waals surface area contributed by atoms with Crippen molar-refractivity contribution in [2.45, 2.75) is 33.1 Å². The van der Waals surface area contributed by atoms with Crippen LogP contribution in [0.25, 0.3) is 11.3 Å². The molecule has 1 unspecified atom stereocenters. The van der Waals surface area contributed by atoms with Crippen LogP contribution >= 0.6 is 0 Å². The highest BCUT2D eigenvalue weighted by Crippen LogP contribution is 2.23. The SMILES string of the molecule is CCC(C)c1ccc(-c2cc(C)nc(N)n2)cc1. The van der Waals surface area contributed by atoms with Crippen molar-refractivity contribution in [1.82, 2.24) is 9.97 Å². The van der Waals surface area contributed by atoms with Crippen molar-refractivity contribution >= 4 is 5.95 Å². The first-order valence-corrected chi connectivity index (χ1v) is 6.31. The number of nitrogens with zero attached hydrogens (tertiary/aromatic N) is 2. The van der Waals surface area contributed by atoms with Crippen LogP contribution in [0.2, 0.25) is 0 Å². The topological polar surface area (TPSA) is 51.8 Å². The van der Waals surface area contributed by atoms with Crippen LogP contribution in [0.3, 0.4) is 0 Å². The van der Waals surface area contributed by atoms with E-state index in [1.807, 2.05) is 13.0 Å². The van der Waals surface area contributed by atoms with Gasteiger partial charge in [-0.25, -0.2) is 9.97 Å². The second kappa shape index (κ2) is 5.17. The predicted octanol–water partition coefficient (Wildman–Crippen LogP) is 3.55. The zero-order valence-electron chi connectivity index (χ0n) is 11.1. The molecule has 0 bridgehead atoms. The van der Waals surface area contributed by atoms with E-state index in [0.29, 0.717) is 11.9 Å². The first-order chi connectivity index (χ1) is 8.60. The fraction of sp³-hybridized carbons (Fsp3) is 0.333. The molecular formula is C15H19N3. The minimum absolute atomic E-state index is 0.330. The maximum Gasteiger partial charge on any atom is 0.220 e. The molecule has 3 heteroatoms. The molecule has 2 N–H and O–H groups in total. The van der Waals surface area contributed by atoms with Gasteiger partial charge in [-0.15, -0.1) is 0 Å². The standard InChI is InChI=1S/C15H19N3/c1-4-10(2)12-5-7-13(8-6-12)14-9-11(3)17-15(16)18-14/h5-10H,4H2,1-3H3,(H2,16,17,18). The Bertz CT molecular complexity index is 512. The molecule has 0 aliphatic heterocycles. The van der Waals surface area contributed by atoms with Crippen molar-refractivity contribution < 1.29 is 0 Å². The number of rotatable bonds is 3. The van der Waals surface area contributed by atoms with Crippen molar-refractivity contribution in [3.63, 3.8) is 0 Å². The summed E-state index contributed by atoms with van der Waals surface area (Å²) in [6.45, 7) is 6.37. The highest BCUT2D eigenvalue weighted by atomic mass is 15.0. The second-order valence-corrected chi connectivity index (χ2v) is 4.68. The number of aromatic nitrogens is 2. The Morgan fingerprint density at radius 2 is 1.83 bits per heavy atom. The van der Waals surface area contributed by atoms with E-state index in [1.54, 1.807) is 0 Å². The van der Waals surface area contributed by atoms with E-state index in [9.17, 15) is 0 Å². The molecule has 0 saturated carbocycles. The maximum atomic E-state index is 5.67. The molecule has 0 aliphatic carbocycles. The number of benzene rings is 1. The molecule has 1 heterocycles. The van der Waals surface area contributed by atoms with E-state index in [4.69, 9.17) is 5.73 Å². The average molecular weight is 241 g/mol. The van der Waals surface area contributed by atoms with Crippen LogP contribution in [-0.2, 0) is 0 Å². The van der Waals surface area contributed by atoms with Crippen molar-refractivity contribution in [3.05, 3.63) is 41.6 Å². The molecule has 94 valence electrons. The van der Waals surface area contributed by atoms with Crippen molar-refractivity contribution in [2.75, 3.05) is 5.73 Å². The number of hydrogen-bond donors (Lipinski definition) is 1. The first-order valence-electron chi connectivity index (χ1n) is 6.31. The van der Waals surface area contributed by atoms with Crippen molar-refractivity contribution in [1.29, 1.82) is 0 Å². The van der Waals surface area contributed by atoms with Crippen LogP contribution in [0.15, 0.2) is 30.3 Å². The van der Waals surface area contributed by atoms with Gasteiger partial charge in [0.1, 0.15) is 0 Å². The minimum Gasteiger partial charge on any atom is -0.368 e. The van der Waals surface area contributed by atoms with Gasteiger partial charge >= 0.3 is 0 Å². The quantitative estimate of drug-likeness (QED) is 0.894. The summed E-state index contributed by atoms with van der Waals surface area (Å²) in [6.07, 6.45) is 1.15. The van der Waals surface area contributed by atoms with Gasteiger partial charge in [-0.3, -0.25) is 0 Å². The Kier molecular flexibility index (Phi) is 3.60. The molecule has 18 heavy (non-hydrogen) atoms. The van der Waals surface area contributed by atoms with E-state index in [0.717, 1.165) is 23.4 Å². The highest BCUT2D eigenvalue weighted by molar-refractivity contribution is 5.61. The van der Waals surface area contributed by atoms with Crippen molar-refractivity contribution in [3.8, 4) is 11.3 Å². The zero-order valence-corrected chi connectivity index (χ0v) is 11.1. The number of aryl methyl sites for hydroxylation is 1. The van der Waals surface area contributed by atoms with Crippen molar-refractivity contribution in [2.24, 2.45) is 0 Å². The molecule has 0 amide bonds. The molecule has 0 saturated heterocycles. The van der Waals surface area contributed by atoms with Gasteiger partial charge in [-0.1, -0.05) is 38.1 Å². The summed E-state index contributed by atoms with van der Waals surface area (Å²) < 4.78 is 0. The maximum absolute atomic E-state index is 5.67. The number of anilines is 1. The molecule has 0 aliphatic rings. The molecular weight excluding hydrogens is 222 g/mol. The van der Waals surface area contributed by atoms with E-state index in [1.165, 1.54) is 5.56 Å². The summed E-state index contributed by atoms with van der Waals surface area (Å²) in [7, 11) is 0. The van der Waals surface area contributed by atoms with Crippen LogP contribution < -0.4 is 5.73 Å². The summed E-state index contributed by atoms with van der Waals surface area (Å²) >= 11 is 0. The molecule has 1 aromatic carbocycles. The molecule has 1 aromatic heterocycles. The lowest BCUT2D eigenvalue weighted by atomic mass is 9.97. The van der Waals surface area contributed by atoms with Gasteiger partial charge < -0.3 is 5.73 Å². The average Bonchev–Trinajstić information content (AvgIpc) is 2.37. The van der Waals surface area contributed by atoms with E-state index < -0.39 is 0 Å². The van der Waals surface area contributed by atoms with Crippen LogP contribution in [0, 0.1) is 6.92 Å². The van der Waals surface area contributed by atoms with E-state index >= 15 is 0 Å². The molecule has 0 fully saturated rings. The van der Waals surface area contributed by atoms with Crippen LogP contribution in [0.4, 0.5) is 5.95 Å². The van der Waals surface area contributed by atoms with Gasteiger partial charge in [0.05, 0.1) is 5.69 Å². The summed E-state index contributed by atoms with van der Waals surface area (Å²) in [5.41, 5.74) is 9.90. The zero-order chi connectivity index (χ0) is 13.1. The third-order valence-corrected chi connectivity index (χ3v) is 3.26. The third-order valence-electron chi connectivity index (χ3n) is 3.26. The second-order valence-electron chi connectivity index (χ2n) is 4.68. The summed E-state index contributed by atoms with van der Waals surface area (Å²) in [5.74, 6) is 0.923. The third kappa shape index (κ3) is 2.67. The number of hydrogen-bond acceptors (Lipinski definition) is 3. The van der Waals surface area contributed by atoms with Gasteiger partial charge in [0.2, 0.25) is 5.95 Å². The molecule has 2 rings (SSSR count). The Labute approximate surface area is 108 Å². The van der Waals surface area contributed by atoms with E-state index in [2.05, 4.69) is 48.1 Å². The lowest BCUT2D eigenvalue weighted by molar-refractivity contribution is 0.734. The van der Waals surface area contributed by atoms with Crippen LogP contribution in [0.5, 0.6) is 0 Å². The fourth-order valence-corrected chi connectivity index (χ4v) is 1.96. The fourth-order valence-electron chi connectivity index (χ4n) is 1.96. The number of nitrogen functional groups attached to an aromatic ring is 1. The van der Waals surface area contributed by atoms with Gasteiger partial charge in [0.15, 0.2) is 0 Å². The molecule has 3 nitrogen and oxygen atoms in total. The lowest BCUT2D eigenvalue weighted by Gasteiger charge is -2.10. The lowest BCUT2D eigenvalue weighted by Crippen LogP contribution is -1.98. The Morgan fingerprint density at radius 1 is 1.17 bits per heavy atom. The van der Waals surface area contributed by atoms with Gasteiger partial charge in [0.25, 0.3) is 0 Å². The van der Waals surface area contributed by atoms with Crippen LogP contribution in [0.1, 0.15) is 37.4 Å². The smallest absolute Gasteiger partial charge is 0.220 e. The van der Waals surface area contributed by atoms with Gasteiger partial charge in [0, 0.05) is 11.3 Å². The summed E-state index contributed by atoms with van der Waals surface area (Å²) in [5, 5.41) is 0. The Balaban J connectivity index is 2.34. The van der Waals surface area contributed by atoms with Crippen LogP contribution in [-0.4, -0.2) is 9.97 Å². The first kappa shape index (κ1) is 12.6. The monoisotopic (exact) mass is 241 g/mol. The Hall–Kier alpha value is -1.90. The largest absolute Gasteiger partial charge is 0.368 e.